The third-order valence-electron chi connectivity index (χ3n) is 4.09. The lowest BCUT2D eigenvalue weighted by molar-refractivity contribution is 1.04. The van der Waals surface area contributed by atoms with Crippen molar-refractivity contribution in [2.24, 2.45) is 0 Å². The van der Waals surface area contributed by atoms with Gasteiger partial charge >= 0.3 is 0 Å². The van der Waals surface area contributed by atoms with E-state index < -0.39 is 0 Å². The van der Waals surface area contributed by atoms with E-state index in [9.17, 15) is 0 Å². The SMILES string of the molecule is CCC1=Cc2c(cccc2-c2ccc(CC)cc2)C1. The zero-order valence-corrected chi connectivity index (χ0v) is 11.7. The van der Waals surface area contributed by atoms with E-state index in [1.807, 2.05) is 0 Å². The summed E-state index contributed by atoms with van der Waals surface area (Å²) in [6, 6.07) is 15.7. The molecule has 0 amide bonds. The quantitative estimate of drug-likeness (QED) is 0.694. The van der Waals surface area contributed by atoms with Crippen molar-refractivity contribution in [1.29, 1.82) is 0 Å². The van der Waals surface area contributed by atoms with Crippen LogP contribution in [0.5, 0.6) is 0 Å². The zero-order chi connectivity index (χ0) is 13.2. The largest absolute Gasteiger partial charge is 0.0655 e. The minimum atomic E-state index is 1.10. The molecule has 0 bridgehead atoms. The van der Waals surface area contributed by atoms with Gasteiger partial charge in [-0.15, -0.1) is 0 Å². The molecule has 0 fully saturated rings. The van der Waals surface area contributed by atoms with Crippen LogP contribution in [0, 0.1) is 0 Å². The van der Waals surface area contributed by atoms with Gasteiger partial charge in [-0.25, -0.2) is 0 Å². The molecule has 96 valence electrons. The molecule has 0 radical (unpaired) electrons. The van der Waals surface area contributed by atoms with Crippen molar-refractivity contribution in [2.75, 3.05) is 0 Å². The van der Waals surface area contributed by atoms with Crippen LogP contribution in [0.15, 0.2) is 48.0 Å². The predicted octanol–water partition coefficient (Wildman–Crippen LogP) is 5.27. The van der Waals surface area contributed by atoms with Crippen LogP contribution in [-0.4, -0.2) is 0 Å². The molecule has 0 spiro atoms. The van der Waals surface area contributed by atoms with Crippen LogP contribution < -0.4 is 0 Å². The number of aryl methyl sites for hydroxylation is 1. The first kappa shape index (κ1) is 12.2. The monoisotopic (exact) mass is 248 g/mol. The first-order valence-electron chi connectivity index (χ1n) is 7.22. The van der Waals surface area contributed by atoms with Crippen molar-refractivity contribution >= 4 is 6.08 Å². The summed E-state index contributed by atoms with van der Waals surface area (Å²) in [5, 5.41) is 0. The number of fused-ring (bicyclic) bond motifs is 1. The lowest BCUT2D eigenvalue weighted by Gasteiger charge is -2.08. The lowest BCUT2D eigenvalue weighted by atomic mass is 9.96. The Hall–Kier alpha value is -1.82. The molecule has 0 unspecified atom stereocenters. The van der Waals surface area contributed by atoms with Crippen LogP contribution in [-0.2, 0) is 12.8 Å². The van der Waals surface area contributed by atoms with E-state index in [2.05, 4.69) is 62.4 Å². The van der Waals surface area contributed by atoms with Crippen molar-refractivity contribution in [2.45, 2.75) is 33.1 Å². The highest BCUT2D eigenvalue weighted by atomic mass is 14.2. The van der Waals surface area contributed by atoms with Crippen LogP contribution in [0.25, 0.3) is 17.2 Å². The Morgan fingerprint density at radius 3 is 2.37 bits per heavy atom. The van der Waals surface area contributed by atoms with Crippen molar-refractivity contribution in [3.63, 3.8) is 0 Å². The summed E-state index contributed by atoms with van der Waals surface area (Å²) in [6.07, 6.45) is 5.78. The molecule has 0 heterocycles. The number of benzene rings is 2. The maximum Gasteiger partial charge on any atom is -0.00577 e. The summed E-state index contributed by atoms with van der Waals surface area (Å²) in [7, 11) is 0. The molecule has 0 aromatic heterocycles. The molecule has 0 N–H and O–H groups in total. The fraction of sp³-hybridized carbons (Fsp3) is 0.263. The summed E-state index contributed by atoms with van der Waals surface area (Å²) in [4.78, 5) is 0. The molecule has 0 nitrogen and oxygen atoms in total. The number of rotatable bonds is 3. The molecule has 0 atom stereocenters. The van der Waals surface area contributed by atoms with E-state index >= 15 is 0 Å². The van der Waals surface area contributed by atoms with Gasteiger partial charge in [-0.1, -0.05) is 68.0 Å². The van der Waals surface area contributed by atoms with E-state index in [0.717, 1.165) is 19.3 Å². The second-order valence-electron chi connectivity index (χ2n) is 5.26. The van der Waals surface area contributed by atoms with Crippen LogP contribution in [0.1, 0.15) is 37.0 Å². The molecule has 3 rings (SSSR count). The van der Waals surface area contributed by atoms with Gasteiger partial charge in [0.25, 0.3) is 0 Å². The lowest BCUT2D eigenvalue weighted by Crippen LogP contribution is -1.88. The molecule has 2 aromatic carbocycles. The van der Waals surface area contributed by atoms with Crippen LogP contribution in [0.3, 0.4) is 0 Å². The molecular formula is C19H20. The molecule has 0 saturated heterocycles. The Morgan fingerprint density at radius 2 is 1.68 bits per heavy atom. The van der Waals surface area contributed by atoms with Gasteiger partial charge in [0.2, 0.25) is 0 Å². The van der Waals surface area contributed by atoms with Gasteiger partial charge < -0.3 is 0 Å². The number of allylic oxidation sites excluding steroid dienone is 1. The molecule has 0 saturated carbocycles. The second-order valence-corrected chi connectivity index (χ2v) is 5.26. The van der Waals surface area contributed by atoms with Crippen molar-refractivity contribution in [1.82, 2.24) is 0 Å². The minimum absolute atomic E-state index is 1.10. The van der Waals surface area contributed by atoms with Crippen molar-refractivity contribution < 1.29 is 0 Å². The predicted molar refractivity (Wildman–Crippen MR) is 83.2 cm³/mol. The Bertz CT molecular complexity index is 615. The molecular weight excluding hydrogens is 228 g/mol. The topological polar surface area (TPSA) is 0 Å². The summed E-state index contributed by atoms with van der Waals surface area (Å²) >= 11 is 0. The van der Waals surface area contributed by atoms with Gasteiger partial charge in [0.15, 0.2) is 0 Å². The van der Waals surface area contributed by atoms with E-state index in [1.165, 1.54) is 27.8 Å². The Balaban J connectivity index is 2.06. The summed E-state index contributed by atoms with van der Waals surface area (Å²) < 4.78 is 0. The number of hydrogen-bond acceptors (Lipinski definition) is 0. The van der Waals surface area contributed by atoms with E-state index in [4.69, 9.17) is 0 Å². The first-order chi connectivity index (χ1) is 9.31. The Kier molecular flexibility index (Phi) is 3.25. The molecule has 2 aromatic rings. The standard InChI is InChI=1S/C19H20/c1-3-14-8-10-16(11-9-14)18-7-5-6-17-12-15(4-2)13-19(17)18/h5-11,13H,3-4,12H2,1-2H3. The number of hydrogen-bond donors (Lipinski definition) is 0. The van der Waals surface area contributed by atoms with Gasteiger partial charge in [0.1, 0.15) is 0 Å². The highest BCUT2D eigenvalue weighted by Crippen LogP contribution is 2.34. The summed E-state index contributed by atoms with van der Waals surface area (Å²) in [5.74, 6) is 0. The molecule has 0 heteroatoms. The summed E-state index contributed by atoms with van der Waals surface area (Å²) in [5.41, 5.74) is 8.58. The summed E-state index contributed by atoms with van der Waals surface area (Å²) in [6.45, 7) is 4.44. The normalized spacial score (nSPS) is 13.3. The third kappa shape index (κ3) is 2.23. The third-order valence-corrected chi connectivity index (χ3v) is 4.09. The van der Waals surface area contributed by atoms with Crippen LogP contribution in [0.4, 0.5) is 0 Å². The molecule has 0 aliphatic heterocycles. The first-order valence-corrected chi connectivity index (χ1v) is 7.22. The van der Waals surface area contributed by atoms with E-state index in [1.54, 1.807) is 5.57 Å². The van der Waals surface area contributed by atoms with Gasteiger partial charge in [0, 0.05) is 0 Å². The van der Waals surface area contributed by atoms with E-state index in [0.29, 0.717) is 0 Å². The van der Waals surface area contributed by atoms with E-state index in [-0.39, 0.29) is 0 Å². The van der Waals surface area contributed by atoms with Crippen LogP contribution in [0.2, 0.25) is 0 Å². The average Bonchev–Trinajstić information content (AvgIpc) is 2.90. The smallest absolute Gasteiger partial charge is 0.00577 e. The van der Waals surface area contributed by atoms with Crippen molar-refractivity contribution in [3.05, 3.63) is 64.7 Å². The highest BCUT2D eigenvalue weighted by Gasteiger charge is 2.15. The molecule has 1 aliphatic carbocycles. The Morgan fingerprint density at radius 1 is 0.895 bits per heavy atom. The second kappa shape index (κ2) is 5.05. The molecule has 1 aliphatic rings. The molecule has 19 heavy (non-hydrogen) atoms. The highest BCUT2D eigenvalue weighted by molar-refractivity contribution is 5.80. The van der Waals surface area contributed by atoms with Crippen molar-refractivity contribution in [3.8, 4) is 11.1 Å². The van der Waals surface area contributed by atoms with Crippen LogP contribution >= 0.6 is 0 Å². The Labute approximate surface area is 115 Å². The fourth-order valence-electron chi connectivity index (χ4n) is 2.84. The van der Waals surface area contributed by atoms with Gasteiger partial charge in [0.05, 0.1) is 0 Å². The zero-order valence-electron chi connectivity index (χ0n) is 11.7. The maximum absolute atomic E-state index is 2.39. The minimum Gasteiger partial charge on any atom is -0.0655 e. The van der Waals surface area contributed by atoms with Gasteiger partial charge in [-0.3, -0.25) is 0 Å². The van der Waals surface area contributed by atoms with Gasteiger partial charge in [-0.05, 0) is 47.1 Å². The van der Waals surface area contributed by atoms with Gasteiger partial charge in [-0.2, -0.15) is 0 Å². The average molecular weight is 248 g/mol. The maximum atomic E-state index is 2.39. The fourth-order valence-corrected chi connectivity index (χ4v) is 2.84.